The standard InChI is InChI=1S/C22H30BrN5O3/c1-2-3-9-31-22(30)26-15-5-4-8-28(13-15)20-16(23)11-24-21-19(20)17(12-25-21)27-18(29)10-14-6-7-14/h11-12,14-15H,2-10,13H2,1H3,(H,24,25)(H,26,30)(H,27,29). The predicted molar refractivity (Wildman–Crippen MR) is 124 cm³/mol. The van der Waals surface area contributed by atoms with Crippen molar-refractivity contribution in [2.24, 2.45) is 5.92 Å². The summed E-state index contributed by atoms with van der Waals surface area (Å²) in [6, 6.07) is 0.00448. The number of carbonyl (C=O) groups is 2. The summed E-state index contributed by atoms with van der Waals surface area (Å²) < 4.78 is 6.13. The maximum Gasteiger partial charge on any atom is 0.407 e. The van der Waals surface area contributed by atoms with Crippen LogP contribution in [0, 0.1) is 5.92 Å². The third kappa shape index (κ3) is 5.50. The Bertz CT molecular complexity index is 943. The molecule has 0 radical (unpaired) electrons. The van der Waals surface area contributed by atoms with Crippen LogP contribution in [0.5, 0.6) is 0 Å². The minimum Gasteiger partial charge on any atom is -0.450 e. The van der Waals surface area contributed by atoms with E-state index in [1.54, 1.807) is 6.20 Å². The minimum atomic E-state index is -0.353. The molecule has 2 aliphatic rings. The van der Waals surface area contributed by atoms with E-state index in [-0.39, 0.29) is 18.0 Å². The van der Waals surface area contributed by atoms with Crippen molar-refractivity contribution in [1.82, 2.24) is 15.3 Å². The topological polar surface area (TPSA) is 99.3 Å². The Kier molecular flexibility index (Phi) is 6.99. The monoisotopic (exact) mass is 491 g/mol. The molecule has 168 valence electrons. The lowest BCUT2D eigenvalue weighted by atomic mass is 10.0. The van der Waals surface area contributed by atoms with Gasteiger partial charge in [-0.2, -0.15) is 0 Å². The van der Waals surface area contributed by atoms with Gasteiger partial charge in [-0.15, -0.1) is 0 Å². The first-order valence-electron chi connectivity index (χ1n) is 11.2. The van der Waals surface area contributed by atoms with Crippen LogP contribution in [0.25, 0.3) is 11.0 Å². The summed E-state index contributed by atoms with van der Waals surface area (Å²) in [7, 11) is 0. The molecule has 0 bridgehead atoms. The first-order valence-corrected chi connectivity index (χ1v) is 12.0. The molecule has 0 aromatic carbocycles. The second-order valence-corrected chi connectivity index (χ2v) is 9.35. The minimum absolute atomic E-state index is 0.00448. The molecule has 3 heterocycles. The fourth-order valence-electron chi connectivity index (χ4n) is 4.06. The van der Waals surface area contributed by atoms with Crippen molar-refractivity contribution in [1.29, 1.82) is 0 Å². The number of hydrogen-bond donors (Lipinski definition) is 3. The van der Waals surface area contributed by atoms with Gasteiger partial charge in [0.1, 0.15) is 5.65 Å². The summed E-state index contributed by atoms with van der Waals surface area (Å²) in [4.78, 5) is 34.4. The largest absolute Gasteiger partial charge is 0.450 e. The van der Waals surface area contributed by atoms with Gasteiger partial charge in [-0.1, -0.05) is 13.3 Å². The molecule has 2 aromatic heterocycles. The molecule has 3 N–H and O–H groups in total. The smallest absolute Gasteiger partial charge is 0.407 e. The quantitative estimate of drug-likeness (QED) is 0.470. The predicted octanol–water partition coefficient (Wildman–Crippen LogP) is 4.56. The van der Waals surface area contributed by atoms with Crippen LogP contribution in [0.4, 0.5) is 16.2 Å². The number of aromatic nitrogens is 2. The zero-order valence-corrected chi connectivity index (χ0v) is 19.5. The number of rotatable bonds is 8. The number of alkyl carbamates (subject to hydrolysis) is 1. The number of piperidine rings is 1. The molecular formula is C22H30BrN5O3. The van der Waals surface area contributed by atoms with Crippen molar-refractivity contribution in [2.45, 2.75) is 57.9 Å². The number of halogens is 1. The first-order chi connectivity index (χ1) is 15.0. The van der Waals surface area contributed by atoms with Crippen molar-refractivity contribution in [3.63, 3.8) is 0 Å². The summed E-state index contributed by atoms with van der Waals surface area (Å²) in [6.07, 6.45) is 9.80. The molecule has 1 aliphatic heterocycles. The van der Waals surface area contributed by atoms with Gasteiger partial charge in [0.25, 0.3) is 0 Å². The Morgan fingerprint density at radius 1 is 1.35 bits per heavy atom. The van der Waals surface area contributed by atoms with Crippen molar-refractivity contribution in [3.05, 3.63) is 16.9 Å². The van der Waals surface area contributed by atoms with Gasteiger partial charge in [-0.3, -0.25) is 4.79 Å². The van der Waals surface area contributed by atoms with Gasteiger partial charge in [-0.25, -0.2) is 9.78 Å². The second kappa shape index (κ2) is 9.89. The van der Waals surface area contributed by atoms with Gasteiger partial charge in [0.2, 0.25) is 5.91 Å². The third-order valence-electron chi connectivity index (χ3n) is 5.87. The molecule has 0 spiro atoms. The van der Waals surface area contributed by atoms with Crippen LogP contribution in [0.1, 0.15) is 51.9 Å². The summed E-state index contributed by atoms with van der Waals surface area (Å²) in [5.74, 6) is 0.572. The van der Waals surface area contributed by atoms with Crippen LogP contribution in [0.3, 0.4) is 0 Å². The second-order valence-electron chi connectivity index (χ2n) is 8.50. The van der Waals surface area contributed by atoms with Gasteiger partial charge in [-0.05, 0) is 54.0 Å². The van der Waals surface area contributed by atoms with E-state index >= 15 is 0 Å². The number of H-pyrrole nitrogens is 1. The van der Waals surface area contributed by atoms with Crippen molar-refractivity contribution in [3.8, 4) is 0 Å². The summed E-state index contributed by atoms with van der Waals surface area (Å²) >= 11 is 3.66. The molecule has 1 aliphatic carbocycles. The molecule has 2 amide bonds. The number of nitrogens with zero attached hydrogens (tertiary/aromatic N) is 2. The van der Waals surface area contributed by atoms with Gasteiger partial charge in [0, 0.05) is 37.9 Å². The lowest BCUT2D eigenvalue weighted by Gasteiger charge is -2.35. The highest BCUT2D eigenvalue weighted by atomic mass is 79.9. The Labute approximate surface area is 190 Å². The molecule has 4 rings (SSSR count). The van der Waals surface area contributed by atoms with Gasteiger partial charge < -0.3 is 25.3 Å². The van der Waals surface area contributed by atoms with Crippen LogP contribution in [-0.2, 0) is 9.53 Å². The van der Waals surface area contributed by atoms with Crippen molar-refractivity contribution >= 4 is 50.3 Å². The van der Waals surface area contributed by atoms with Crippen molar-refractivity contribution in [2.75, 3.05) is 29.9 Å². The van der Waals surface area contributed by atoms with Crippen molar-refractivity contribution < 1.29 is 14.3 Å². The van der Waals surface area contributed by atoms with Crippen LogP contribution in [0.15, 0.2) is 16.9 Å². The first kappa shape index (κ1) is 21.9. The number of hydrogen-bond acceptors (Lipinski definition) is 5. The normalized spacial score (nSPS) is 18.8. The van der Waals surface area contributed by atoms with Crippen LogP contribution in [-0.4, -0.2) is 47.7 Å². The number of nitrogens with one attached hydrogen (secondary N) is 3. The average molecular weight is 492 g/mol. The lowest BCUT2D eigenvalue weighted by molar-refractivity contribution is -0.116. The van der Waals surface area contributed by atoms with E-state index in [2.05, 4.69) is 48.4 Å². The summed E-state index contributed by atoms with van der Waals surface area (Å²) in [6.45, 7) is 4.04. The number of unbranched alkanes of at least 4 members (excludes halogenated alkanes) is 1. The Hall–Kier alpha value is -2.29. The molecule has 1 unspecified atom stereocenters. The van der Waals surface area contributed by atoms with Crippen LogP contribution < -0.4 is 15.5 Å². The molecule has 1 atom stereocenters. The van der Waals surface area contributed by atoms with E-state index in [1.165, 1.54) is 0 Å². The highest BCUT2D eigenvalue weighted by molar-refractivity contribution is 9.10. The van der Waals surface area contributed by atoms with E-state index in [0.29, 0.717) is 25.5 Å². The van der Waals surface area contributed by atoms with Gasteiger partial charge >= 0.3 is 6.09 Å². The summed E-state index contributed by atoms with van der Waals surface area (Å²) in [5.41, 5.74) is 2.46. The highest BCUT2D eigenvalue weighted by Gasteiger charge is 2.28. The molecule has 8 nitrogen and oxygen atoms in total. The number of carbonyl (C=O) groups excluding carboxylic acids is 2. The average Bonchev–Trinajstić information content (AvgIpc) is 3.47. The number of fused-ring (bicyclic) bond motifs is 1. The Morgan fingerprint density at radius 2 is 2.19 bits per heavy atom. The van der Waals surface area contributed by atoms with E-state index in [9.17, 15) is 9.59 Å². The molecule has 2 fully saturated rings. The van der Waals surface area contributed by atoms with Crippen LogP contribution in [0.2, 0.25) is 0 Å². The molecule has 1 saturated carbocycles. The maximum atomic E-state index is 12.4. The maximum absolute atomic E-state index is 12.4. The number of anilines is 2. The SMILES string of the molecule is CCCCOC(=O)NC1CCCN(c2c(Br)cnc3[nH]cc(NC(=O)CC4CC4)c23)C1. The van der Waals surface area contributed by atoms with E-state index in [1.807, 2.05) is 6.20 Å². The Morgan fingerprint density at radius 3 is 2.97 bits per heavy atom. The molecular weight excluding hydrogens is 462 g/mol. The molecule has 31 heavy (non-hydrogen) atoms. The molecule has 1 saturated heterocycles. The van der Waals surface area contributed by atoms with E-state index < -0.39 is 0 Å². The number of amides is 2. The lowest BCUT2D eigenvalue weighted by Crippen LogP contribution is -2.48. The fraction of sp³-hybridized carbons (Fsp3) is 0.591. The van der Waals surface area contributed by atoms with E-state index in [0.717, 1.165) is 72.0 Å². The Balaban J connectivity index is 1.50. The van der Waals surface area contributed by atoms with Crippen LogP contribution >= 0.6 is 15.9 Å². The zero-order valence-electron chi connectivity index (χ0n) is 17.9. The zero-order chi connectivity index (χ0) is 21.8. The van der Waals surface area contributed by atoms with Gasteiger partial charge in [0.05, 0.1) is 27.8 Å². The molecule has 9 heteroatoms. The van der Waals surface area contributed by atoms with E-state index in [4.69, 9.17) is 4.74 Å². The summed E-state index contributed by atoms with van der Waals surface area (Å²) in [5, 5.41) is 6.96. The van der Waals surface area contributed by atoms with Gasteiger partial charge in [0.15, 0.2) is 0 Å². The number of pyridine rings is 1. The number of ether oxygens (including phenoxy) is 1. The third-order valence-corrected chi connectivity index (χ3v) is 6.45. The highest BCUT2D eigenvalue weighted by Crippen LogP contribution is 2.39. The molecule has 2 aromatic rings. The number of aromatic amines is 1. The fourth-order valence-corrected chi connectivity index (χ4v) is 4.62.